The number of carbonyl (C=O) groups is 1. The minimum atomic E-state index is -0.154. The lowest BCUT2D eigenvalue weighted by Crippen LogP contribution is -2.13. The fourth-order valence-corrected chi connectivity index (χ4v) is 2.68. The molecule has 0 aliphatic carbocycles. The smallest absolute Gasteiger partial charge is 0.266 e. The Morgan fingerprint density at radius 1 is 1.40 bits per heavy atom. The van der Waals surface area contributed by atoms with E-state index in [0.29, 0.717) is 21.9 Å². The van der Waals surface area contributed by atoms with Crippen molar-refractivity contribution in [2.45, 2.75) is 6.92 Å². The summed E-state index contributed by atoms with van der Waals surface area (Å²) in [5.41, 5.74) is 7.81. The molecule has 0 saturated carbocycles. The predicted octanol–water partition coefficient (Wildman–Crippen LogP) is 2.95. The Balaban J connectivity index is 2.27. The highest BCUT2D eigenvalue weighted by Gasteiger charge is 2.13. The molecule has 0 atom stereocenters. The van der Waals surface area contributed by atoms with Crippen LogP contribution in [0.2, 0.25) is 0 Å². The van der Waals surface area contributed by atoms with Crippen molar-refractivity contribution in [2.75, 3.05) is 12.4 Å². The van der Waals surface area contributed by atoms with Crippen LogP contribution in [0.25, 0.3) is 0 Å². The Hall–Kier alpha value is -1.92. The lowest BCUT2D eigenvalue weighted by molar-refractivity contribution is 0.102. The topological polar surface area (TPSA) is 64.3 Å². The van der Waals surface area contributed by atoms with Crippen molar-refractivity contribution in [3.8, 4) is 5.75 Å². The first-order valence-corrected chi connectivity index (χ1v) is 7.15. The number of nitrogens with two attached hydrogens (primary N) is 1. The number of amides is 1. The Bertz CT molecular complexity index is 665. The maximum absolute atomic E-state index is 12.2. The number of nitrogens with one attached hydrogen (secondary N) is 1. The van der Waals surface area contributed by atoms with E-state index < -0.39 is 0 Å². The molecule has 0 aliphatic heterocycles. The van der Waals surface area contributed by atoms with E-state index in [1.54, 1.807) is 18.2 Å². The monoisotopic (exact) mass is 306 g/mol. The van der Waals surface area contributed by atoms with Crippen molar-refractivity contribution >= 4 is 40.1 Å². The molecule has 0 spiro atoms. The molecule has 4 nitrogen and oxygen atoms in total. The molecule has 1 aromatic carbocycles. The molecular formula is C14H14N2O2S2. The zero-order chi connectivity index (χ0) is 14.7. The van der Waals surface area contributed by atoms with Crippen LogP contribution in [0.3, 0.4) is 0 Å². The summed E-state index contributed by atoms with van der Waals surface area (Å²) in [5.74, 6) is 0.372. The van der Waals surface area contributed by atoms with Gasteiger partial charge in [0.2, 0.25) is 0 Å². The highest BCUT2D eigenvalue weighted by atomic mass is 32.1. The number of carbonyl (C=O) groups excluding carboxylic acids is 1. The second-order valence-corrected chi connectivity index (χ2v) is 5.52. The number of ether oxygens (including phenoxy) is 1. The molecule has 0 unspecified atom stereocenters. The fourth-order valence-electron chi connectivity index (χ4n) is 1.73. The maximum atomic E-state index is 12.2. The Morgan fingerprint density at radius 3 is 2.70 bits per heavy atom. The van der Waals surface area contributed by atoms with Crippen molar-refractivity contribution in [3.05, 3.63) is 45.6 Å². The van der Waals surface area contributed by atoms with Gasteiger partial charge in [0, 0.05) is 5.56 Å². The number of hydrogen-bond donors (Lipinski definition) is 2. The van der Waals surface area contributed by atoms with Gasteiger partial charge < -0.3 is 15.8 Å². The van der Waals surface area contributed by atoms with Gasteiger partial charge in [-0.15, -0.1) is 11.3 Å². The van der Waals surface area contributed by atoms with E-state index in [4.69, 9.17) is 22.7 Å². The molecule has 104 valence electrons. The third-order valence-electron chi connectivity index (χ3n) is 2.80. The van der Waals surface area contributed by atoms with Gasteiger partial charge in [-0.25, -0.2) is 0 Å². The van der Waals surface area contributed by atoms with Crippen LogP contribution in [0, 0.1) is 6.92 Å². The van der Waals surface area contributed by atoms with Crippen molar-refractivity contribution in [1.29, 1.82) is 0 Å². The van der Waals surface area contributed by atoms with Crippen molar-refractivity contribution in [2.24, 2.45) is 5.73 Å². The largest absolute Gasteiger partial charge is 0.495 e. The van der Waals surface area contributed by atoms with Gasteiger partial charge in [-0.05, 0) is 42.1 Å². The number of methoxy groups -OCH3 is 1. The van der Waals surface area contributed by atoms with Crippen LogP contribution in [0.4, 0.5) is 5.69 Å². The van der Waals surface area contributed by atoms with Crippen molar-refractivity contribution in [1.82, 2.24) is 0 Å². The zero-order valence-corrected chi connectivity index (χ0v) is 12.7. The predicted molar refractivity (Wildman–Crippen MR) is 85.9 cm³/mol. The first-order valence-electron chi connectivity index (χ1n) is 5.86. The van der Waals surface area contributed by atoms with E-state index in [2.05, 4.69) is 5.32 Å². The molecule has 2 aromatic rings. The molecule has 2 rings (SSSR count). The number of thiocarbonyl (C=S) groups is 1. The van der Waals surface area contributed by atoms with Crippen LogP contribution < -0.4 is 15.8 Å². The van der Waals surface area contributed by atoms with Crippen LogP contribution in [0.15, 0.2) is 29.6 Å². The number of hydrogen-bond acceptors (Lipinski definition) is 4. The molecule has 1 heterocycles. The molecule has 20 heavy (non-hydrogen) atoms. The minimum absolute atomic E-state index is 0.154. The van der Waals surface area contributed by atoms with Gasteiger partial charge in [0.15, 0.2) is 0 Å². The summed E-state index contributed by atoms with van der Waals surface area (Å²) >= 11 is 6.32. The highest BCUT2D eigenvalue weighted by molar-refractivity contribution is 7.80. The van der Waals surface area contributed by atoms with E-state index in [1.807, 2.05) is 18.4 Å². The minimum Gasteiger partial charge on any atom is -0.495 e. The summed E-state index contributed by atoms with van der Waals surface area (Å²) in [4.78, 5) is 13.1. The molecule has 1 amide bonds. The Kier molecular flexibility index (Phi) is 4.36. The third-order valence-corrected chi connectivity index (χ3v) is 4.05. The normalized spacial score (nSPS) is 10.1. The molecule has 0 bridgehead atoms. The first-order chi connectivity index (χ1) is 9.52. The lowest BCUT2D eigenvalue weighted by Gasteiger charge is -2.11. The quantitative estimate of drug-likeness (QED) is 0.852. The average Bonchev–Trinajstić information content (AvgIpc) is 2.85. The SMILES string of the molecule is COc1cc(C(N)=S)ccc1NC(=O)c1sccc1C. The second-order valence-electron chi connectivity index (χ2n) is 4.17. The number of rotatable bonds is 4. The van der Waals surface area contributed by atoms with Crippen LogP contribution >= 0.6 is 23.6 Å². The molecule has 1 aromatic heterocycles. The summed E-state index contributed by atoms with van der Waals surface area (Å²) in [6.07, 6.45) is 0. The van der Waals surface area contributed by atoms with Crippen molar-refractivity contribution in [3.63, 3.8) is 0 Å². The summed E-state index contributed by atoms with van der Waals surface area (Å²) in [6, 6.07) is 7.10. The number of benzene rings is 1. The van der Waals surface area contributed by atoms with Crippen LogP contribution in [0.1, 0.15) is 20.8 Å². The molecule has 0 aliphatic rings. The lowest BCUT2D eigenvalue weighted by atomic mass is 10.2. The van der Waals surface area contributed by atoms with Gasteiger partial charge in [0.25, 0.3) is 5.91 Å². The Morgan fingerprint density at radius 2 is 2.15 bits per heavy atom. The molecule has 0 radical (unpaired) electrons. The number of aryl methyl sites for hydroxylation is 1. The molecular weight excluding hydrogens is 292 g/mol. The van der Waals surface area contributed by atoms with E-state index in [-0.39, 0.29) is 10.9 Å². The van der Waals surface area contributed by atoms with Crippen molar-refractivity contribution < 1.29 is 9.53 Å². The summed E-state index contributed by atoms with van der Waals surface area (Å²) < 4.78 is 5.26. The van der Waals surface area contributed by atoms with Gasteiger partial charge in [0.05, 0.1) is 17.7 Å². The first kappa shape index (κ1) is 14.5. The third kappa shape index (κ3) is 2.97. The molecule has 0 fully saturated rings. The zero-order valence-electron chi connectivity index (χ0n) is 11.1. The van der Waals surface area contributed by atoms with E-state index in [9.17, 15) is 4.79 Å². The van der Waals surface area contributed by atoms with Crippen LogP contribution in [-0.4, -0.2) is 18.0 Å². The Labute approximate surface area is 126 Å². The maximum Gasteiger partial charge on any atom is 0.266 e. The van der Waals surface area contributed by atoms with Crippen LogP contribution in [0.5, 0.6) is 5.75 Å². The number of thiophene rings is 1. The van der Waals surface area contributed by atoms with Gasteiger partial charge >= 0.3 is 0 Å². The molecule has 0 saturated heterocycles. The summed E-state index contributed by atoms with van der Waals surface area (Å²) in [6.45, 7) is 1.90. The van der Waals surface area contributed by atoms with E-state index in [1.165, 1.54) is 18.4 Å². The second kappa shape index (κ2) is 6.02. The number of anilines is 1. The summed E-state index contributed by atoms with van der Waals surface area (Å²) in [5, 5.41) is 4.72. The van der Waals surface area contributed by atoms with E-state index in [0.717, 1.165) is 5.56 Å². The van der Waals surface area contributed by atoms with Gasteiger partial charge in [-0.2, -0.15) is 0 Å². The van der Waals surface area contributed by atoms with Crippen LogP contribution in [-0.2, 0) is 0 Å². The fraction of sp³-hybridized carbons (Fsp3) is 0.143. The molecule has 3 N–H and O–H groups in total. The van der Waals surface area contributed by atoms with Gasteiger partial charge in [-0.1, -0.05) is 12.2 Å². The molecule has 6 heteroatoms. The van der Waals surface area contributed by atoms with E-state index >= 15 is 0 Å². The van der Waals surface area contributed by atoms with Gasteiger partial charge in [-0.3, -0.25) is 4.79 Å². The standard InChI is InChI=1S/C14H14N2O2S2/c1-8-5-6-20-12(8)14(17)16-10-4-3-9(13(15)19)7-11(10)18-2/h3-7H,1-2H3,(H2,15,19)(H,16,17). The highest BCUT2D eigenvalue weighted by Crippen LogP contribution is 2.27. The average molecular weight is 306 g/mol. The summed E-state index contributed by atoms with van der Waals surface area (Å²) in [7, 11) is 1.53. The van der Waals surface area contributed by atoms with Gasteiger partial charge in [0.1, 0.15) is 10.7 Å².